The SMILES string of the molecule is CC1CC(N2CCOCC2C(=O)O)CS1. The number of hydrogen-bond acceptors (Lipinski definition) is 4. The third-order valence-corrected chi connectivity index (χ3v) is 4.44. The van der Waals surface area contributed by atoms with Gasteiger partial charge in [-0.25, -0.2) is 0 Å². The summed E-state index contributed by atoms with van der Waals surface area (Å²) in [5.41, 5.74) is 0. The third kappa shape index (κ3) is 2.46. The van der Waals surface area contributed by atoms with Crippen LogP contribution < -0.4 is 0 Å². The first kappa shape index (κ1) is 11.2. The van der Waals surface area contributed by atoms with Crippen molar-refractivity contribution in [2.45, 2.75) is 30.7 Å². The summed E-state index contributed by atoms with van der Waals surface area (Å²) >= 11 is 1.94. The molecule has 2 aliphatic rings. The summed E-state index contributed by atoms with van der Waals surface area (Å²) < 4.78 is 5.23. The first-order valence-corrected chi connectivity index (χ1v) is 6.41. The van der Waals surface area contributed by atoms with Crippen LogP contribution in [0.2, 0.25) is 0 Å². The highest BCUT2D eigenvalue weighted by molar-refractivity contribution is 8.00. The predicted molar refractivity (Wildman–Crippen MR) is 59.3 cm³/mol. The molecule has 15 heavy (non-hydrogen) atoms. The Morgan fingerprint density at radius 1 is 1.60 bits per heavy atom. The van der Waals surface area contributed by atoms with Crippen molar-refractivity contribution in [2.24, 2.45) is 0 Å². The van der Waals surface area contributed by atoms with E-state index >= 15 is 0 Å². The van der Waals surface area contributed by atoms with Crippen molar-refractivity contribution in [1.82, 2.24) is 4.90 Å². The van der Waals surface area contributed by atoms with E-state index in [4.69, 9.17) is 9.84 Å². The van der Waals surface area contributed by atoms with Gasteiger partial charge in [0, 0.05) is 23.6 Å². The fourth-order valence-electron chi connectivity index (χ4n) is 2.29. The van der Waals surface area contributed by atoms with Gasteiger partial charge in [0.05, 0.1) is 13.2 Å². The van der Waals surface area contributed by atoms with Gasteiger partial charge in [-0.15, -0.1) is 0 Å². The Balaban J connectivity index is 2.01. The van der Waals surface area contributed by atoms with E-state index in [9.17, 15) is 4.79 Å². The van der Waals surface area contributed by atoms with Crippen molar-refractivity contribution in [2.75, 3.05) is 25.5 Å². The smallest absolute Gasteiger partial charge is 0.323 e. The maximum atomic E-state index is 11.1. The minimum atomic E-state index is -0.751. The Kier molecular flexibility index (Phi) is 3.53. The average molecular weight is 231 g/mol. The molecule has 2 rings (SSSR count). The van der Waals surface area contributed by atoms with Gasteiger partial charge in [-0.05, 0) is 6.42 Å². The molecule has 0 radical (unpaired) electrons. The number of nitrogens with zero attached hydrogens (tertiary/aromatic N) is 1. The summed E-state index contributed by atoms with van der Waals surface area (Å²) in [4.78, 5) is 13.2. The molecule has 0 spiro atoms. The van der Waals surface area contributed by atoms with Gasteiger partial charge < -0.3 is 9.84 Å². The molecule has 2 saturated heterocycles. The zero-order valence-corrected chi connectivity index (χ0v) is 9.70. The lowest BCUT2D eigenvalue weighted by atomic mass is 10.1. The van der Waals surface area contributed by atoms with Crippen LogP contribution in [0.15, 0.2) is 0 Å². The van der Waals surface area contributed by atoms with Gasteiger partial charge in [-0.1, -0.05) is 6.92 Å². The van der Waals surface area contributed by atoms with E-state index in [2.05, 4.69) is 11.8 Å². The summed E-state index contributed by atoms with van der Waals surface area (Å²) in [6.45, 7) is 3.97. The van der Waals surface area contributed by atoms with E-state index in [1.54, 1.807) is 0 Å². The Labute approximate surface area is 94.0 Å². The molecule has 0 bridgehead atoms. The van der Waals surface area contributed by atoms with E-state index in [0.29, 0.717) is 24.5 Å². The lowest BCUT2D eigenvalue weighted by Crippen LogP contribution is -2.54. The maximum absolute atomic E-state index is 11.1. The van der Waals surface area contributed by atoms with Crippen LogP contribution in [0, 0.1) is 0 Å². The van der Waals surface area contributed by atoms with Gasteiger partial charge in [0.15, 0.2) is 0 Å². The number of carboxylic acids is 1. The average Bonchev–Trinajstić information content (AvgIpc) is 2.65. The minimum Gasteiger partial charge on any atom is -0.480 e. The minimum absolute atomic E-state index is 0.338. The Bertz CT molecular complexity index is 249. The summed E-state index contributed by atoms with van der Waals surface area (Å²) in [6.07, 6.45) is 1.11. The molecule has 2 heterocycles. The van der Waals surface area contributed by atoms with E-state index in [1.165, 1.54) is 0 Å². The van der Waals surface area contributed by atoms with Crippen molar-refractivity contribution in [1.29, 1.82) is 0 Å². The molecule has 0 amide bonds. The van der Waals surface area contributed by atoms with Gasteiger partial charge in [0.2, 0.25) is 0 Å². The highest BCUT2D eigenvalue weighted by Gasteiger charge is 2.37. The van der Waals surface area contributed by atoms with Crippen LogP contribution >= 0.6 is 11.8 Å². The summed E-state index contributed by atoms with van der Waals surface area (Å²) in [6, 6.07) is -0.00958. The van der Waals surface area contributed by atoms with Gasteiger partial charge in [-0.3, -0.25) is 9.69 Å². The van der Waals surface area contributed by atoms with Crippen molar-refractivity contribution in [3.63, 3.8) is 0 Å². The van der Waals surface area contributed by atoms with E-state index < -0.39 is 12.0 Å². The van der Waals surface area contributed by atoms with Crippen LogP contribution in [0.5, 0.6) is 0 Å². The first-order valence-electron chi connectivity index (χ1n) is 5.36. The molecule has 86 valence electrons. The molecule has 0 aromatic rings. The molecule has 1 N–H and O–H groups in total. The van der Waals surface area contributed by atoms with Crippen LogP contribution in [0.25, 0.3) is 0 Å². The van der Waals surface area contributed by atoms with Gasteiger partial charge in [-0.2, -0.15) is 11.8 Å². The third-order valence-electron chi connectivity index (χ3n) is 3.10. The predicted octanol–water partition coefficient (Wildman–Crippen LogP) is 0.666. The largest absolute Gasteiger partial charge is 0.480 e. The van der Waals surface area contributed by atoms with Crippen LogP contribution in [-0.2, 0) is 9.53 Å². The molecule has 2 fully saturated rings. The van der Waals surface area contributed by atoms with Crippen LogP contribution in [-0.4, -0.2) is 58.8 Å². The van der Waals surface area contributed by atoms with Crippen LogP contribution in [0.4, 0.5) is 0 Å². The fraction of sp³-hybridized carbons (Fsp3) is 0.900. The number of morpholine rings is 1. The number of hydrogen-bond donors (Lipinski definition) is 1. The molecule has 4 nitrogen and oxygen atoms in total. The number of carbonyl (C=O) groups is 1. The van der Waals surface area contributed by atoms with E-state index in [1.807, 2.05) is 11.8 Å². The lowest BCUT2D eigenvalue weighted by Gasteiger charge is -2.37. The molecular formula is C10H17NO3S. The van der Waals surface area contributed by atoms with Crippen molar-refractivity contribution >= 4 is 17.7 Å². The van der Waals surface area contributed by atoms with E-state index in [-0.39, 0.29) is 0 Å². The molecule has 3 unspecified atom stereocenters. The molecule has 0 saturated carbocycles. The molecule has 5 heteroatoms. The standard InChI is InChI=1S/C10H17NO3S/c1-7-4-8(6-15-7)11-2-3-14-5-9(11)10(12)13/h7-9H,2-6H2,1H3,(H,12,13). The summed E-state index contributed by atoms with van der Waals surface area (Å²) in [5, 5.41) is 9.77. The maximum Gasteiger partial charge on any atom is 0.323 e. The summed E-state index contributed by atoms with van der Waals surface area (Å²) in [7, 11) is 0. The highest BCUT2D eigenvalue weighted by Crippen LogP contribution is 2.31. The van der Waals surface area contributed by atoms with Crippen molar-refractivity contribution in [3.05, 3.63) is 0 Å². The van der Waals surface area contributed by atoms with Crippen molar-refractivity contribution in [3.8, 4) is 0 Å². The van der Waals surface area contributed by atoms with Gasteiger partial charge in [0.25, 0.3) is 0 Å². The topological polar surface area (TPSA) is 49.8 Å². The zero-order valence-electron chi connectivity index (χ0n) is 8.89. The second-order valence-corrected chi connectivity index (χ2v) is 5.67. The molecular weight excluding hydrogens is 214 g/mol. The molecule has 2 aliphatic heterocycles. The second-order valence-electron chi connectivity index (χ2n) is 4.20. The lowest BCUT2D eigenvalue weighted by molar-refractivity contribution is -0.151. The molecule has 3 atom stereocenters. The molecule has 0 aromatic carbocycles. The van der Waals surface area contributed by atoms with Crippen LogP contribution in [0.1, 0.15) is 13.3 Å². The second kappa shape index (κ2) is 4.72. The first-order chi connectivity index (χ1) is 7.18. The quantitative estimate of drug-likeness (QED) is 0.757. The molecule has 0 aliphatic carbocycles. The van der Waals surface area contributed by atoms with E-state index in [0.717, 1.165) is 18.7 Å². The fourth-order valence-corrected chi connectivity index (χ4v) is 3.53. The zero-order chi connectivity index (χ0) is 10.8. The van der Waals surface area contributed by atoms with Crippen LogP contribution in [0.3, 0.4) is 0 Å². The number of thioether (sulfide) groups is 1. The Morgan fingerprint density at radius 3 is 3.00 bits per heavy atom. The number of carboxylic acid groups (broad SMARTS) is 1. The number of aliphatic carboxylic acids is 1. The summed E-state index contributed by atoms with van der Waals surface area (Å²) in [5.74, 6) is 0.310. The normalized spacial score (nSPS) is 38.1. The highest BCUT2D eigenvalue weighted by atomic mass is 32.2. The number of rotatable bonds is 2. The van der Waals surface area contributed by atoms with Crippen molar-refractivity contribution < 1.29 is 14.6 Å². The van der Waals surface area contributed by atoms with Gasteiger partial charge >= 0.3 is 5.97 Å². The Hall–Kier alpha value is -0.260. The monoisotopic (exact) mass is 231 g/mol. The molecule has 0 aromatic heterocycles. The Morgan fingerprint density at radius 2 is 2.40 bits per heavy atom. The van der Waals surface area contributed by atoms with Gasteiger partial charge in [0.1, 0.15) is 6.04 Å². The number of ether oxygens (including phenoxy) is 1.